The van der Waals surface area contributed by atoms with Gasteiger partial charge in [-0.2, -0.15) is 5.10 Å². The van der Waals surface area contributed by atoms with E-state index in [9.17, 15) is 4.79 Å². The second kappa shape index (κ2) is 6.96. The van der Waals surface area contributed by atoms with E-state index in [4.69, 9.17) is 9.47 Å². The van der Waals surface area contributed by atoms with Crippen molar-refractivity contribution in [2.45, 2.75) is 19.4 Å². The molecule has 0 saturated carbocycles. The lowest BCUT2D eigenvalue weighted by molar-refractivity contribution is -0.125. The predicted octanol–water partition coefficient (Wildman–Crippen LogP) is 1.74. The number of nitrogens with one attached hydrogen (secondary N) is 1. The Labute approximate surface area is 146 Å². The van der Waals surface area contributed by atoms with Crippen molar-refractivity contribution < 1.29 is 14.3 Å². The fraction of sp³-hybridized carbons (Fsp3) is 0.389. The van der Waals surface area contributed by atoms with E-state index in [1.54, 1.807) is 6.20 Å². The maximum absolute atomic E-state index is 12.6. The van der Waals surface area contributed by atoms with Gasteiger partial charge < -0.3 is 19.7 Å². The van der Waals surface area contributed by atoms with E-state index in [-0.39, 0.29) is 18.6 Å². The number of amides is 1. The molecule has 1 fully saturated rings. The van der Waals surface area contributed by atoms with Gasteiger partial charge in [-0.15, -0.1) is 5.10 Å². The standard InChI is InChI=1S/C18H20N4O3/c23-18(19-10-13-5-6-15-16(9-13)25-12-24-15)14-3-2-8-22(11-14)17-4-1-7-20-21-17/h1,4-7,9,14H,2-3,8,10-12H2,(H,19,23). The van der Waals surface area contributed by atoms with Crippen LogP contribution in [0.25, 0.3) is 0 Å². The highest BCUT2D eigenvalue weighted by Crippen LogP contribution is 2.32. The van der Waals surface area contributed by atoms with Gasteiger partial charge in [-0.25, -0.2) is 0 Å². The molecule has 130 valence electrons. The number of carbonyl (C=O) groups is 1. The monoisotopic (exact) mass is 340 g/mol. The van der Waals surface area contributed by atoms with E-state index in [1.807, 2.05) is 30.3 Å². The number of benzene rings is 1. The summed E-state index contributed by atoms with van der Waals surface area (Å²) >= 11 is 0. The Balaban J connectivity index is 1.34. The lowest BCUT2D eigenvalue weighted by Crippen LogP contribution is -2.43. The Morgan fingerprint density at radius 3 is 3.08 bits per heavy atom. The summed E-state index contributed by atoms with van der Waals surface area (Å²) in [6.07, 6.45) is 3.52. The molecule has 0 spiro atoms. The molecule has 2 aliphatic heterocycles. The molecular weight excluding hydrogens is 320 g/mol. The summed E-state index contributed by atoms with van der Waals surface area (Å²) in [7, 11) is 0. The fourth-order valence-corrected chi connectivity index (χ4v) is 3.25. The largest absolute Gasteiger partial charge is 0.454 e. The Morgan fingerprint density at radius 2 is 2.20 bits per heavy atom. The normalized spacial score (nSPS) is 18.9. The molecule has 1 atom stereocenters. The van der Waals surface area contributed by atoms with E-state index in [1.165, 1.54) is 0 Å². The molecule has 4 rings (SSSR count). The number of piperidine rings is 1. The van der Waals surface area contributed by atoms with Gasteiger partial charge in [0.2, 0.25) is 12.7 Å². The van der Waals surface area contributed by atoms with Crippen LogP contribution in [0.15, 0.2) is 36.5 Å². The molecule has 1 N–H and O–H groups in total. The van der Waals surface area contributed by atoms with Crippen LogP contribution in [0.3, 0.4) is 0 Å². The summed E-state index contributed by atoms with van der Waals surface area (Å²) in [5, 5.41) is 11.1. The van der Waals surface area contributed by atoms with Crippen LogP contribution in [-0.4, -0.2) is 36.0 Å². The number of nitrogens with zero attached hydrogens (tertiary/aromatic N) is 3. The van der Waals surface area contributed by atoms with Crippen molar-refractivity contribution in [2.75, 3.05) is 24.8 Å². The SMILES string of the molecule is O=C(NCc1ccc2c(c1)OCO2)C1CCCN(c2cccnn2)C1. The molecule has 1 amide bonds. The highest BCUT2D eigenvalue weighted by molar-refractivity contribution is 5.79. The molecule has 0 aliphatic carbocycles. The summed E-state index contributed by atoms with van der Waals surface area (Å²) in [6, 6.07) is 9.53. The van der Waals surface area contributed by atoms with Crippen LogP contribution in [0.4, 0.5) is 5.82 Å². The molecule has 0 radical (unpaired) electrons. The van der Waals surface area contributed by atoms with Crippen molar-refractivity contribution in [2.24, 2.45) is 5.92 Å². The van der Waals surface area contributed by atoms with Crippen LogP contribution in [-0.2, 0) is 11.3 Å². The predicted molar refractivity (Wildman–Crippen MR) is 91.4 cm³/mol. The number of hydrogen-bond donors (Lipinski definition) is 1. The first-order valence-corrected chi connectivity index (χ1v) is 8.48. The van der Waals surface area contributed by atoms with E-state index < -0.39 is 0 Å². The third-order valence-corrected chi connectivity index (χ3v) is 4.58. The molecule has 1 saturated heterocycles. The third kappa shape index (κ3) is 3.50. The number of carbonyl (C=O) groups excluding carboxylic acids is 1. The summed E-state index contributed by atoms with van der Waals surface area (Å²) < 4.78 is 10.7. The minimum atomic E-state index is -0.0373. The van der Waals surface area contributed by atoms with E-state index in [0.29, 0.717) is 13.1 Å². The van der Waals surface area contributed by atoms with Crippen molar-refractivity contribution in [3.05, 3.63) is 42.1 Å². The Bertz CT molecular complexity index is 753. The lowest BCUT2D eigenvalue weighted by atomic mass is 9.97. The van der Waals surface area contributed by atoms with Gasteiger partial charge in [0.25, 0.3) is 0 Å². The van der Waals surface area contributed by atoms with Crippen LogP contribution >= 0.6 is 0 Å². The van der Waals surface area contributed by atoms with Crippen LogP contribution < -0.4 is 19.7 Å². The minimum Gasteiger partial charge on any atom is -0.454 e. The maximum atomic E-state index is 12.6. The second-order valence-electron chi connectivity index (χ2n) is 6.27. The van der Waals surface area contributed by atoms with Gasteiger partial charge in [-0.1, -0.05) is 6.07 Å². The first-order valence-electron chi connectivity index (χ1n) is 8.48. The molecular formula is C18H20N4O3. The first kappa shape index (κ1) is 15.7. The molecule has 0 bridgehead atoms. The first-order chi connectivity index (χ1) is 12.3. The molecule has 1 unspecified atom stereocenters. The number of fused-ring (bicyclic) bond motifs is 1. The minimum absolute atomic E-state index is 0.0373. The summed E-state index contributed by atoms with van der Waals surface area (Å²) in [4.78, 5) is 14.7. The average molecular weight is 340 g/mol. The van der Waals surface area contributed by atoms with Crippen LogP contribution in [0.2, 0.25) is 0 Å². The lowest BCUT2D eigenvalue weighted by Gasteiger charge is -2.32. The zero-order chi connectivity index (χ0) is 17.1. The van der Waals surface area contributed by atoms with Crippen molar-refractivity contribution in [3.63, 3.8) is 0 Å². The molecule has 7 heteroatoms. The highest BCUT2D eigenvalue weighted by atomic mass is 16.7. The van der Waals surface area contributed by atoms with Gasteiger partial charge in [0.05, 0.1) is 5.92 Å². The Hall–Kier alpha value is -2.83. The zero-order valence-electron chi connectivity index (χ0n) is 13.9. The van der Waals surface area contributed by atoms with Crippen LogP contribution in [0, 0.1) is 5.92 Å². The highest BCUT2D eigenvalue weighted by Gasteiger charge is 2.26. The van der Waals surface area contributed by atoms with Gasteiger partial charge in [0.15, 0.2) is 17.3 Å². The molecule has 3 heterocycles. The van der Waals surface area contributed by atoms with E-state index >= 15 is 0 Å². The third-order valence-electron chi connectivity index (χ3n) is 4.58. The van der Waals surface area contributed by atoms with Crippen molar-refractivity contribution in [1.29, 1.82) is 0 Å². The van der Waals surface area contributed by atoms with Gasteiger partial charge in [-0.3, -0.25) is 4.79 Å². The smallest absolute Gasteiger partial charge is 0.231 e. The summed E-state index contributed by atoms with van der Waals surface area (Å²) in [5.74, 6) is 2.35. The van der Waals surface area contributed by atoms with Gasteiger partial charge in [0.1, 0.15) is 0 Å². The van der Waals surface area contributed by atoms with Crippen LogP contribution in [0.1, 0.15) is 18.4 Å². The van der Waals surface area contributed by atoms with Gasteiger partial charge >= 0.3 is 0 Å². The molecule has 1 aromatic carbocycles. The van der Waals surface area contributed by atoms with Crippen molar-refractivity contribution in [1.82, 2.24) is 15.5 Å². The molecule has 25 heavy (non-hydrogen) atoms. The summed E-state index contributed by atoms with van der Waals surface area (Å²) in [5.41, 5.74) is 0.999. The van der Waals surface area contributed by atoms with Gasteiger partial charge in [-0.05, 0) is 42.7 Å². The average Bonchev–Trinajstić information content (AvgIpc) is 3.15. The molecule has 1 aromatic heterocycles. The van der Waals surface area contributed by atoms with Crippen LogP contribution in [0.5, 0.6) is 11.5 Å². The Kier molecular flexibility index (Phi) is 4.37. The second-order valence-corrected chi connectivity index (χ2v) is 6.27. The quantitative estimate of drug-likeness (QED) is 0.914. The Morgan fingerprint density at radius 1 is 1.28 bits per heavy atom. The number of ether oxygens (including phenoxy) is 2. The maximum Gasteiger partial charge on any atom is 0.231 e. The number of anilines is 1. The topological polar surface area (TPSA) is 76.6 Å². The van der Waals surface area contributed by atoms with Crippen molar-refractivity contribution in [3.8, 4) is 11.5 Å². The van der Waals surface area contributed by atoms with E-state index in [0.717, 1.165) is 42.3 Å². The number of hydrogen-bond acceptors (Lipinski definition) is 6. The summed E-state index contributed by atoms with van der Waals surface area (Å²) in [6.45, 7) is 2.32. The fourth-order valence-electron chi connectivity index (χ4n) is 3.25. The molecule has 2 aromatic rings. The molecule has 2 aliphatic rings. The number of aromatic nitrogens is 2. The van der Waals surface area contributed by atoms with Crippen molar-refractivity contribution >= 4 is 11.7 Å². The number of rotatable bonds is 4. The zero-order valence-corrected chi connectivity index (χ0v) is 13.9. The molecule has 7 nitrogen and oxygen atoms in total. The van der Waals surface area contributed by atoms with E-state index in [2.05, 4.69) is 20.4 Å². The van der Waals surface area contributed by atoms with Gasteiger partial charge in [0, 0.05) is 25.8 Å².